The van der Waals surface area contributed by atoms with Crippen LogP contribution in [0.1, 0.15) is 44.2 Å². The third-order valence-corrected chi connectivity index (χ3v) is 8.43. The minimum atomic E-state index is -1.46. The number of ether oxygens (including phenoxy) is 3. The van der Waals surface area contributed by atoms with Crippen molar-refractivity contribution in [2.75, 3.05) is 6.79 Å². The number of amides is 1. The number of halogens is 2. The molecule has 232 valence electrons. The first-order valence-electron chi connectivity index (χ1n) is 14.2. The number of rotatable bonds is 9. The summed E-state index contributed by atoms with van der Waals surface area (Å²) in [7, 11) is 0. The summed E-state index contributed by atoms with van der Waals surface area (Å²) in [6, 6.07) is 10.7. The molecule has 3 aliphatic rings. The van der Waals surface area contributed by atoms with Gasteiger partial charge >= 0.3 is 0 Å². The molecule has 0 radical (unpaired) electrons. The van der Waals surface area contributed by atoms with Crippen LogP contribution in [0.2, 0.25) is 5.02 Å². The maximum absolute atomic E-state index is 15.0. The van der Waals surface area contributed by atoms with Gasteiger partial charge in [0.25, 0.3) is 0 Å². The van der Waals surface area contributed by atoms with Crippen molar-refractivity contribution in [3.05, 3.63) is 70.0 Å². The zero-order valence-electron chi connectivity index (χ0n) is 23.9. The van der Waals surface area contributed by atoms with E-state index in [-0.39, 0.29) is 30.1 Å². The Bertz CT molecular complexity index is 1370. The summed E-state index contributed by atoms with van der Waals surface area (Å²) in [6.07, 6.45) is -2.28. The highest BCUT2D eigenvalue weighted by Gasteiger charge is 2.53. The molecule has 2 aromatic carbocycles. The maximum atomic E-state index is 15.0. The number of oxime groups is 1. The van der Waals surface area contributed by atoms with Crippen molar-refractivity contribution in [1.29, 1.82) is 0 Å². The lowest BCUT2D eigenvalue weighted by atomic mass is 9.83. The molecule has 2 aliphatic carbocycles. The van der Waals surface area contributed by atoms with E-state index in [4.69, 9.17) is 30.6 Å². The molecule has 1 saturated heterocycles. The number of aliphatic hydroxyl groups excluding tert-OH is 3. The van der Waals surface area contributed by atoms with Crippen molar-refractivity contribution >= 4 is 29.3 Å². The molecule has 1 heterocycles. The van der Waals surface area contributed by atoms with Crippen LogP contribution in [0.4, 0.5) is 4.39 Å². The average molecular weight is 619 g/mol. The molecule has 2 saturated carbocycles. The van der Waals surface area contributed by atoms with Gasteiger partial charge in [-0.2, -0.15) is 0 Å². The van der Waals surface area contributed by atoms with Crippen LogP contribution in [-0.4, -0.2) is 76.4 Å². The van der Waals surface area contributed by atoms with Crippen molar-refractivity contribution in [3.63, 3.8) is 0 Å². The van der Waals surface area contributed by atoms with Gasteiger partial charge in [-0.05, 0) is 74.6 Å². The molecule has 12 heteroatoms. The number of fused-ring (bicyclic) bond motifs is 1. The van der Waals surface area contributed by atoms with E-state index in [0.717, 1.165) is 24.1 Å². The Balaban J connectivity index is 1.13. The van der Waals surface area contributed by atoms with Crippen LogP contribution in [0.3, 0.4) is 0 Å². The lowest BCUT2D eigenvalue weighted by Crippen LogP contribution is -2.67. The number of aliphatic hydroxyl groups is 3. The summed E-state index contributed by atoms with van der Waals surface area (Å²) in [6.45, 7) is 3.62. The molecule has 8 atom stereocenters. The zero-order chi connectivity index (χ0) is 30.7. The molecule has 0 aromatic heterocycles. The van der Waals surface area contributed by atoms with Crippen molar-refractivity contribution in [1.82, 2.24) is 5.32 Å². The molecular formula is C31H36ClFN2O8. The van der Waals surface area contributed by atoms with Gasteiger partial charge in [0.15, 0.2) is 11.6 Å². The van der Waals surface area contributed by atoms with Crippen LogP contribution in [0.15, 0.2) is 53.2 Å². The van der Waals surface area contributed by atoms with E-state index >= 15 is 0 Å². The first-order valence-corrected chi connectivity index (χ1v) is 14.6. The molecule has 1 aliphatic heterocycles. The predicted octanol–water partition coefficient (Wildman–Crippen LogP) is 3.35. The Hall–Kier alpha value is -3.06. The number of hydrogen-bond donors (Lipinski definition) is 4. The molecule has 1 amide bonds. The van der Waals surface area contributed by atoms with Crippen molar-refractivity contribution in [3.8, 4) is 5.75 Å². The van der Waals surface area contributed by atoms with Crippen LogP contribution < -0.4 is 10.1 Å². The Kier molecular flexibility index (Phi) is 10.0. The van der Waals surface area contributed by atoms with Gasteiger partial charge in [-0.1, -0.05) is 35.0 Å². The topological polar surface area (TPSA) is 139 Å². The van der Waals surface area contributed by atoms with E-state index in [1.807, 2.05) is 25.1 Å². The molecule has 0 bridgehead atoms. The largest absolute Gasteiger partial charge is 0.487 e. The third-order valence-electron chi connectivity index (χ3n) is 8.20. The summed E-state index contributed by atoms with van der Waals surface area (Å²) in [4.78, 5) is 18.3. The fourth-order valence-electron chi connectivity index (χ4n) is 5.76. The average Bonchev–Trinajstić information content (AvgIpc) is 3.66. The number of carbonyl (C=O) groups excluding carboxylic acids is 1. The Morgan fingerprint density at radius 2 is 1.86 bits per heavy atom. The first-order chi connectivity index (χ1) is 20.6. The smallest absolute Gasteiger partial charge is 0.247 e. The number of nitrogens with zero attached hydrogens (tertiary/aromatic N) is 1. The van der Waals surface area contributed by atoms with Crippen LogP contribution in [-0.2, 0) is 25.7 Å². The first kappa shape index (κ1) is 31.4. The van der Waals surface area contributed by atoms with Crippen molar-refractivity contribution in [2.24, 2.45) is 11.1 Å². The molecule has 2 aromatic rings. The molecule has 0 spiro atoms. The minimum absolute atomic E-state index is 0.118. The van der Waals surface area contributed by atoms with Gasteiger partial charge in [-0.25, -0.2) is 4.39 Å². The highest BCUT2D eigenvalue weighted by atomic mass is 35.5. The fraction of sp³-hybridized carbons (Fsp3) is 0.484. The molecule has 3 fully saturated rings. The Labute approximate surface area is 254 Å². The van der Waals surface area contributed by atoms with Crippen molar-refractivity contribution < 1.29 is 43.6 Å². The molecule has 4 N–H and O–H groups in total. The van der Waals surface area contributed by atoms with Crippen molar-refractivity contribution in [2.45, 2.75) is 82.4 Å². The van der Waals surface area contributed by atoms with Gasteiger partial charge in [0.1, 0.15) is 43.9 Å². The molecule has 2 unspecified atom stereocenters. The standard InChI is InChI=1S/C31H36ClFN2O8/c1-16(31(39)34-25-26(36)28(38)30-29(27(25)37)40-15-41-30)10-18-6-9-24(23(33)12-18)43-22-8-7-20(13-22)17(2)35-42-14-19-4-3-5-21(32)11-19/h3-6,9-12,20,22,25-30,36-38H,7-8,13-15H2,1-2H3,(H,34,39)/t20-,22+,25?,26+,27-,28-,29?,30-/m1/s1. The maximum Gasteiger partial charge on any atom is 0.247 e. The second kappa shape index (κ2) is 13.7. The predicted molar refractivity (Wildman–Crippen MR) is 156 cm³/mol. The monoisotopic (exact) mass is 618 g/mol. The quantitative estimate of drug-likeness (QED) is 0.191. The molecule has 5 rings (SSSR count). The summed E-state index contributed by atoms with van der Waals surface area (Å²) in [5.41, 5.74) is 2.42. The number of benzene rings is 2. The SMILES string of the molecule is CC(=Cc1ccc(O[C@H]2CC[C@@H](C(C)=NOCc3cccc(Cl)c3)C2)c(F)c1)C(=O)NC1[C@@H](O)C2OCO[C@@H]2[C@H](O)[C@H]1O. The molecule has 43 heavy (non-hydrogen) atoms. The molecular weight excluding hydrogens is 583 g/mol. The summed E-state index contributed by atoms with van der Waals surface area (Å²) < 4.78 is 31.5. The van der Waals surface area contributed by atoms with Crippen LogP contribution in [0.5, 0.6) is 5.75 Å². The number of nitrogens with one attached hydrogen (secondary N) is 1. The second-order valence-electron chi connectivity index (χ2n) is 11.3. The third kappa shape index (κ3) is 7.36. The van der Waals surface area contributed by atoms with Crippen LogP contribution in [0.25, 0.3) is 6.08 Å². The van der Waals surface area contributed by atoms with Gasteiger partial charge < -0.3 is 39.7 Å². The number of carbonyl (C=O) groups is 1. The lowest BCUT2D eigenvalue weighted by molar-refractivity contribution is -0.155. The minimum Gasteiger partial charge on any atom is -0.487 e. The second-order valence-corrected chi connectivity index (χ2v) is 11.7. The van der Waals surface area contributed by atoms with E-state index in [0.29, 0.717) is 23.6 Å². The van der Waals surface area contributed by atoms with E-state index in [9.17, 15) is 24.5 Å². The Morgan fingerprint density at radius 1 is 1.09 bits per heavy atom. The summed E-state index contributed by atoms with van der Waals surface area (Å²) in [5, 5.41) is 38.8. The normalized spacial score (nSPS) is 31.0. The van der Waals surface area contributed by atoms with E-state index in [1.165, 1.54) is 25.1 Å². The highest BCUT2D eigenvalue weighted by molar-refractivity contribution is 6.30. The fourth-order valence-corrected chi connectivity index (χ4v) is 5.97. The van der Waals surface area contributed by atoms with E-state index < -0.39 is 48.3 Å². The van der Waals surface area contributed by atoms with Gasteiger partial charge in [0.2, 0.25) is 5.91 Å². The van der Waals surface area contributed by atoms with Crippen LogP contribution >= 0.6 is 11.6 Å². The zero-order valence-corrected chi connectivity index (χ0v) is 24.6. The van der Waals surface area contributed by atoms with Gasteiger partial charge in [0.05, 0.1) is 17.9 Å². The summed E-state index contributed by atoms with van der Waals surface area (Å²) >= 11 is 6.01. The Morgan fingerprint density at radius 3 is 2.60 bits per heavy atom. The summed E-state index contributed by atoms with van der Waals surface area (Å²) in [5.74, 6) is -0.880. The lowest BCUT2D eigenvalue weighted by Gasteiger charge is -2.41. The van der Waals surface area contributed by atoms with E-state index in [1.54, 1.807) is 12.1 Å². The van der Waals surface area contributed by atoms with Gasteiger partial charge in [-0.3, -0.25) is 4.79 Å². The van der Waals surface area contributed by atoms with Gasteiger partial charge in [0, 0.05) is 16.5 Å². The highest BCUT2D eigenvalue weighted by Crippen LogP contribution is 2.33. The van der Waals surface area contributed by atoms with Gasteiger partial charge in [-0.15, -0.1) is 0 Å². The van der Waals surface area contributed by atoms with Crippen LogP contribution in [0, 0.1) is 11.7 Å². The number of hydrogen-bond acceptors (Lipinski definition) is 9. The molecule has 10 nitrogen and oxygen atoms in total. The van der Waals surface area contributed by atoms with E-state index in [2.05, 4.69) is 10.5 Å².